The van der Waals surface area contributed by atoms with Gasteiger partial charge in [0.15, 0.2) is 0 Å². The molecule has 0 saturated carbocycles. The highest BCUT2D eigenvalue weighted by atomic mass is 16.4. The van der Waals surface area contributed by atoms with Gasteiger partial charge in [0.05, 0.1) is 18.5 Å². The second kappa shape index (κ2) is 6.02. The summed E-state index contributed by atoms with van der Waals surface area (Å²) in [6.07, 6.45) is 2.74. The molecule has 5 nitrogen and oxygen atoms in total. The molecule has 1 heterocycles. The lowest BCUT2D eigenvalue weighted by atomic mass is 10.0. The first-order chi connectivity index (χ1) is 11.7. The maximum atomic E-state index is 12.2. The highest BCUT2D eigenvalue weighted by Crippen LogP contribution is 2.34. The SMILES string of the molecule is O=C(NCC(O)c1ccco1)Nc1ccc2c3c(cccc13)CC2. The van der Waals surface area contributed by atoms with Crippen LogP contribution in [0.25, 0.3) is 10.8 Å². The van der Waals surface area contributed by atoms with Crippen LogP contribution in [0.15, 0.2) is 53.1 Å². The molecule has 1 unspecified atom stereocenters. The maximum Gasteiger partial charge on any atom is 0.319 e. The van der Waals surface area contributed by atoms with Crippen molar-refractivity contribution in [3.8, 4) is 0 Å². The lowest BCUT2D eigenvalue weighted by Gasteiger charge is -2.13. The number of aliphatic hydroxyl groups excluding tert-OH is 1. The van der Waals surface area contributed by atoms with E-state index in [1.54, 1.807) is 12.1 Å². The van der Waals surface area contributed by atoms with E-state index in [0.717, 1.165) is 23.9 Å². The topological polar surface area (TPSA) is 74.5 Å². The number of amides is 2. The predicted octanol–water partition coefficient (Wildman–Crippen LogP) is 3.39. The molecule has 1 aromatic heterocycles. The molecule has 1 aliphatic rings. The molecule has 0 spiro atoms. The minimum atomic E-state index is -0.862. The Labute approximate surface area is 139 Å². The number of carbonyl (C=O) groups is 1. The molecule has 0 fully saturated rings. The van der Waals surface area contributed by atoms with E-state index in [4.69, 9.17) is 4.42 Å². The van der Waals surface area contributed by atoms with Crippen molar-refractivity contribution in [2.45, 2.75) is 18.9 Å². The number of carbonyl (C=O) groups excluding carboxylic acids is 1. The van der Waals surface area contributed by atoms with Gasteiger partial charge in [-0.05, 0) is 47.6 Å². The maximum absolute atomic E-state index is 12.2. The van der Waals surface area contributed by atoms with E-state index < -0.39 is 6.10 Å². The number of anilines is 1. The Balaban J connectivity index is 1.48. The molecule has 5 heteroatoms. The summed E-state index contributed by atoms with van der Waals surface area (Å²) in [6.45, 7) is 0.0839. The molecule has 0 radical (unpaired) electrons. The van der Waals surface area contributed by atoms with Gasteiger partial charge in [0.2, 0.25) is 0 Å². The van der Waals surface area contributed by atoms with Crippen LogP contribution in [0.1, 0.15) is 23.0 Å². The standard InChI is InChI=1S/C19H18N2O3/c22-16(17-5-2-10-24-17)11-20-19(23)21-15-9-8-13-7-6-12-3-1-4-14(15)18(12)13/h1-5,8-10,16,22H,6-7,11H2,(H2,20,21,23). The van der Waals surface area contributed by atoms with Crippen molar-refractivity contribution in [3.63, 3.8) is 0 Å². The highest BCUT2D eigenvalue weighted by molar-refractivity contribution is 6.04. The van der Waals surface area contributed by atoms with E-state index in [9.17, 15) is 9.90 Å². The monoisotopic (exact) mass is 322 g/mol. The number of rotatable bonds is 4. The molecule has 3 N–H and O–H groups in total. The van der Waals surface area contributed by atoms with E-state index in [2.05, 4.69) is 22.8 Å². The average Bonchev–Trinajstić information content (AvgIpc) is 3.26. The second-order valence-electron chi connectivity index (χ2n) is 5.98. The van der Waals surface area contributed by atoms with E-state index in [0.29, 0.717) is 5.76 Å². The Morgan fingerprint density at radius 2 is 1.96 bits per heavy atom. The van der Waals surface area contributed by atoms with Crippen LogP contribution in [0, 0.1) is 0 Å². The summed E-state index contributed by atoms with van der Waals surface area (Å²) in [4.78, 5) is 12.2. The van der Waals surface area contributed by atoms with E-state index in [1.165, 1.54) is 22.8 Å². The Morgan fingerprint density at radius 1 is 1.12 bits per heavy atom. The Hall–Kier alpha value is -2.79. The first kappa shape index (κ1) is 14.8. The first-order valence-corrected chi connectivity index (χ1v) is 8.02. The molecule has 24 heavy (non-hydrogen) atoms. The molecular formula is C19H18N2O3. The Morgan fingerprint density at radius 3 is 2.75 bits per heavy atom. The fraction of sp³-hybridized carbons (Fsp3) is 0.211. The van der Waals surface area contributed by atoms with Crippen molar-refractivity contribution in [1.29, 1.82) is 0 Å². The van der Waals surface area contributed by atoms with Crippen molar-refractivity contribution in [1.82, 2.24) is 5.32 Å². The number of hydrogen-bond acceptors (Lipinski definition) is 3. The van der Waals surface area contributed by atoms with Crippen LogP contribution in [0.5, 0.6) is 0 Å². The zero-order valence-electron chi connectivity index (χ0n) is 13.1. The number of nitrogens with one attached hydrogen (secondary N) is 2. The Bertz CT molecular complexity index is 877. The van der Waals surface area contributed by atoms with Gasteiger partial charge in [0.25, 0.3) is 0 Å². The molecule has 0 bridgehead atoms. The average molecular weight is 322 g/mol. The van der Waals surface area contributed by atoms with Gasteiger partial charge in [0, 0.05) is 5.39 Å². The zero-order valence-corrected chi connectivity index (χ0v) is 13.1. The molecule has 2 aromatic carbocycles. The van der Waals surface area contributed by atoms with Crippen LogP contribution >= 0.6 is 0 Å². The van der Waals surface area contributed by atoms with Gasteiger partial charge in [-0.1, -0.05) is 24.3 Å². The number of aryl methyl sites for hydroxylation is 2. The van der Waals surface area contributed by atoms with Gasteiger partial charge >= 0.3 is 6.03 Å². The summed E-state index contributed by atoms with van der Waals surface area (Å²) in [5.41, 5.74) is 3.45. The van der Waals surface area contributed by atoms with Gasteiger partial charge in [-0.2, -0.15) is 0 Å². The van der Waals surface area contributed by atoms with Gasteiger partial charge in [-0.15, -0.1) is 0 Å². The smallest absolute Gasteiger partial charge is 0.319 e. The van der Waals surface area contributed by atoms with Crippen molar-refractivity contribution in [2.75, 3.05) is 11.9 Å². The number of hydrogen-bond donors (Lipinski definition) is 3. The fourth-order valence-corrected chi connectivity index (χ4v) is 3.29. The summed E-state index contributed by atoms with van der Waals surface area (Å²) < 4.78 is 5.12. The molecule has 1 atom stereocenters. The lowest BCUT2D eigenvalue weighted by molar-refractivity contribution is 0.149. The van der Waals surface area contributed by atoms with Crippen molar-refractivity contribution < 1.29 is 14.3 Å². The van der Waals surface area contributed by atoms with Crippen molar-refractivity contribution >= 4 is 22.5 Å². The Kier molecular flexibility index (Phi) is 3.70. The van der Waals surface area contributed by atoms with Crippen LogP contribution in [0.3, 0.4) is 0 Å². The summed E-state index contributed by atoms with van der Waals surface area (Å²) >= 11 is 0. The molecule has 122 valence electrons. The fourth-order valence-electron chi connectivity index (χ4n) is 3.29. The highest BCUT2D eigenvalue weighted by Gasteiger charge is 2.17. The van der Waals surface area contributed by atoms with Crippen LogP contribution in [-0.2, 0) is 12.8 Å². The van der Waals surface area contributed by atoms with E-state index in [-0.39, 0.29) is 12.6 Å². The number of urea groups is 1. The number of aliphatic hydroxyl groups is 1. The number of benzene rings is 2. The summed E-state index contributed by atoms with van der Waals surface area (Å²) in [7, 11) is 0. The molecule has 0 aliphatic heterocycles. The third-order valence-corrected chi connectivity index (χ3v) is 4.45. The lowest BCUT2D eigenvalue weighted by Crippen LogP contribution is -2.32. The quantitative estimate of drug-likeness (QED) is 0.689. The van der Waals surface area contributed by atoms with Crippen LogP contribution in [0.4, 0.5) is 10.5 Å². The summed E-state index contributed by atoms with van der Waals surface area (Å²) in [5.74, 6) is 0.431. The first-order valence-electron chi connectivity index (χ1n) is 8.02. The van der Waals surface area contributed by atoms with Gasteiger partial charge in [0.1, 0.15) is 11.9 Å². The zero-order chi connectivity index (χ0) is 16.5. The predicted molar refractivity (Wildman–Crippen MR) is 92.0 cm³/mol. The van der Waals surface area contributed by atoms with Crippen molar-refractivity contribution in [3.05, 3.63) is 65.6 Å². The minimum absolute atomic E-state index is 0.0839. The van der Waals surface area contributed by atoms with E-state index >= 15 is 0 Å². The molecule has 1 aliphatic carbocycles. The van der Waals surface area contributed by atoms with Gasteiger partial charge < -0.3 is 20.2 Å². The van der Waals surface area contributed by atoms with Crippen molar-refractivity contribution in [2.24, 2.45) is 0 Å². The van der Waals surface area contributed by atoms with Gasteiger partial charge in [-0.25, -0.2) is 4.79 Å². The third-order valence-electron chi connectivity index (χ3n) is 4.45. The largest absolute Gasteiger partial charge is 0.467 e. The molecular weight excluding hydrogens is 304 g/mol. The van der Waals surface area contributed by atoms with Crippen LogP contribution in [-0.4, -0.2) is 17.7 Å². The molecule has 0 saturated heterocycles. The minimum Gasteiger partial charge on any atom is -0.467 e. The second-order valence-corrected chi connectivity index (χ2v) is 5.98. The summed E-state index contributed by atoms with van der Waals surface area (Å²) in [6, 6.07) is 13.2. The third kappa shape index (κ3) is 2.63. The normalized spacial score (nSPS) is 13.9. The number of furan rings is 1. The van der Waals surface area contributed by atoms with E-state index in [1.807, 2.05) is 18.2 Å². The molecule has 4 rings (SSSR count). The molecule has 2 amide bonds. The molecule has 3 aromatic rings. The van der Waals surface area contributed by atoms with Crippen LogP contribution < -0.4 is 10.6 Å². The van der Waals surface area contributed by atoms with Gasteiger partial charge in [-0.3, -0.25) is 0 Å². The summed E-state index contributed by atoms with van der Waals surface area (Å²) in [5, 5.41) is 17.8. The van der Waals surface area contributed by atoms with Crippen LogP contribution in [0.2, 0.25) is 0 Å².